The summed E-state index contributed by atoms with van der Waals surface area (Å²) in [6.07, 6.45) is 6.17. The molecule has 1 aliphatic rings. The first kappa shape index (κ1) is 21.7. The first-order valence-electron chi connectivity index (χ1n) is 10.6. The van der Waals surface area contributed by atoms with Gasteiger partial charge in [-0.25, -0.2) is 0 Å². The monoisotopic (exact) mass is 457 g/mol. The second-order valence-corrected chi connectivity index (χ2v) is 8.76. The number of nitrogens with zero attached hydrogens (tertiary/aromatic N) is 1. The fourth-order valence-electron chi connectivity index (χ4n) is 4.74. The lowest BCUT2D eigenvalue weighted by Crippen LogP contribution is -2.27. The van der Waals surface area contributed by atoms with E-state index in [0.717, 1.165) is 60.8 Å². The van der Waals surface area contributed by atoms with Crippen LogP contribution in [-0.2, 0) is 5.41 Å². The smallest absolute Gasteiger partial charge is 0.288 e. The van der Waals surface area contributed by atoms with Crippen LogP contribution in [0.15, 0.2) is 34.8 Å². The summed E-state index contributed by atoms with van der Waals surface area (Å²) in [5.41, 5.74) is 4.36. The van der Waals surface area contributed by atoms with Gasteiger partial charge >= 0.3 is 0 Å². The standard InChI is InChI=1S/C24H28BrNO3/c1-4-7-13-24(14-8-5-2)19-15-16(21(27)6-3)9-10-17(19)18-11-12-20(25)23(22(18)24)26(28)29/h9-12,15H,4-8,13-14H2,1-3H3. The van der Waals surface area contributed by atoms with Gasteiger partial charge in [0.05, 0.1) is 9.40 Å². The van der Waals surface area contributed by atoms with Crippen molar-refractivity contribution in [2.75, 3.05) is 0 Å². The van der Waals surface area contributed by atoms with Gasteiger partial charge in [-0.15, -0.1) is 0 Å². The van der Waals surface area contributed by atoms with Crippen LogP contribution in [0.4, 0.5) is 5.69 Å². The number of halogens is 1. The normalized spacial score (nSPS) is 13.8. The molecule has 2 aromatic rings. The van der Waals surface area contributed by atoms with Crippen LogP contribution in [0.5, 0.6) is 0 Å². The highest BCUT2D eigenvalue weighted by atomic mass is 79.9. The van der Waals surface area contributed by atoms with E-state index in [4.69, 9.17) is 0 Å². The average Bonchev–Trinajstić information content (AvgIpc) is 2.99. The van der Waals surface area contributed by atoms with Gasteiger partial charge in [0.1, 0.15) is 0 Å². The zero-order valence-electron chi connectivity index (χ0n) is 17.4. The van der Waals surface area contributed by atoms with Gasteiger partial charge in [-0.3, -0.25) is 14.9 Å². The minimum absolute atomic E-state index is 0.110. The van der Waals surface area contributed by atoms with E-state index in [2.05, 4.69) is 29.8 Å². The van der Waals surface area contributed by atoms with Crippen LogP contribution in [-0.4, -0.2) is 10.7 Å². The SMILES string of the molecule is CCCCC1(CCCC)c2cc(C(=O)CC)ccc2-c2ccc(Br)c([N+](=O)[O-])c21. The summed E-state index contributed by atoms with van der Waals surface area (Å²) in [5, 5.41) is 12.1. The molecule has 0 aliphatic heterocycles. The molecule has 0 radical (unpaired) electrons. The van der Waals surface area contributed by atoms with E-state index in [-0.39, 0.29) is 16.4 Å². The molecule has 0 saturated heterocycles. The molecule has 3 rings (SSSR count). The Morgan fingerprint density at radius 1 is 1.03 bits per heavy atom. The molecule has 0 heterocycles. The third-order valence-corrected chi connectivity index (χ3v) is 6.81. The number of carbonyl (C=O) groups is 1. The van der Waals surface area contributed by atoms with Crippen LogP contribution in [0.1, 0.15) is 87.2 Å². The molecule has 0 saturated carbocycles. The Labute approximate surface area is 181 Å². The summed E-state index contributed by atoms with van der Waals surface area (Å²) in [4.78, 5) is 24.3. The highest BCUT2D eigenvalue weighted by molar-refractivity contribution is 9.10. The van der Waals surface area contributed by atoms with Gasteiger partial charge in [0.2, 0.25) is 0 Å². The molecule has 0 atom stereocenters. The maximum Gasteiger partial charge on any atom is 0.288 e. The molecule has 0 spiro atoms. The number of fused-ring (bicyclic) bond motifs is 3. The van der Waals surface area contributed by atoms with Crippen molar-refractivity contribution in [1.29, 1.82) is 0 Å². The molecule has 29 heavy (non-hydrogen) atoms. The van der Waals surface area contributed by atoms with E-state index in [1.165, 1.54) is 0 Å². The Hall–Kier alpha value is -2.01. The van der Waals surface area contributed by atoms with Crippen molar-refractivity contribution in [1.82, 2.24) is 0 Å². The highest BCUT2D eigenvalue weighted by Crippen LogP contribution is 2.58. The number of carbonyl (C=O) groups excluding carboxylic acids is 1. The van der Waals surface area contributed by atoms with E-state index in [0.29, 0.717) is 16.5 Å². The first-order valence-corrected chi connectivity index (χ1v) is 11.4. The van der Waals surface area contributed by atoms with E-state index in [9.17, 15) is 14.9 Å². The Bertz CT molecular complexity index is 943. The van der Waals surface area contributed by atoms with Crippen molar-refractivity contribution in [3.05, 3.63) is 61.6 Å². The van der Waals surface area contributed by atoms with Crippen LogP contribution in [0, 0.1) is 10.1 Å². The molecule has 0 aromatic heterocycles. The van der Waals surface area contributed by atoms with Crippen molar-refractivity contribution in [2.45, 2.75) is 71.1 Å². The van der Waals surface area contributed by atoms with Gasteiger partial charge in [-0.05, 0) is 57.6 Å². The summed E-state index contributed by atoms with van der Waals surface area (Å²) >= 11 is 3.44. The summed E-state index contributed by atoms with van der Waals surface area (Å²) in [7, 11) is 0. The lowest BCUT2D eigenvalue weighted by molar-refractivity contribution is -0.386. The second kappa shape index (κ2) is 8.78. The van der Waals surface area contributed by atoms with Gasteiger partial charge in [0.15, 0.2) is 5.78 Å². The second-order valence-electron chi connectivity index (χ2n) is 7.90. The molecule has 154 valence electrons. The van der Waals surface area contributed by atoms with Crippen LogP contribution in [0.25, 0.3) is 11.1 Å². The topological polar surface area (TPSA) is 60.2 Å². The Balaban J connectivity index is 2.37. The highest BCUT2D eigenvalue weighted by Gasteiger charge is 2.47. The number of nitro groups is 1. The summed E-state index contributed by atoms with van der Waals surface area (Å²) in [6, 6.07) is 9.66. The van der Waals surface area contributed by atoms with Crippen LogP contribution in [0.3, 0.4) is 0 Å². The molecule has 0 unspecified atom stereocenters. The third-order valence-electron chi connectivity index (χ3n) is 6.17. The lowest BCUT2D eigenvalue weighted by Gasteiger charge is -2.32. The minimum Gasteiger partial charge on any atom is -0.294 e. The number of nitro benzene ring substituents is 1. The number of hydrogen-bond acceptors (Lipinski definition) is 3. The van der Waals surface area contributed by atoms with Gasteiger partial charge in [0.25, 0.3) is 5.69 Å². The number of hydrogen-bond donors (Lipinski definition) is 0. The average molecular weight is 458 g/mol. The number of Topliss-reactive ketones (excluding diaryl/α,β-unsaturated/α-hetero) is 1. The van der Waals surface area contributed by atoms with Crippen LogP contribution in [0.2, 0.25) is 0 Å². The van der Waals surface area contributed by atoms with Gasteiger partial charge < -0.3 is 0 Å². The zero-order chi connectivity index (χ0) is 21.2. The molecule has 0 fully saturated rings. The Morgan fingerprint density at radius 2 is 1.66 bits per heavy atom. The van der Waals surface area contributed by atoms with Gasteiger partial charge in [0, 0.05) is 23.0 Å². The van der Waals surface area contributed by atoms with Crippen molar-refractivity contribution in [3.63, 3.8) is 0 Å². The largest absolute Gasteiger partial charge is 0.294 e. The number of benzene rings is 2. The molecular weight excluding hydrogens is 430 g/mol. The first-order chi connectivity index (χ1) is 13.9. The molecule has 5 heteroatoms. The van der Waals surface area contributed by atoms with E-state index in [1.54, 1.807) is 6.07 Å². The number of ketones is 1. The maximum absolute atomic E-state index is 12.4. The summed E-state index contributed by atoms with van der Waals surface area (Å²) in [5.74, 6) is 0.110. The van der Waals surface area contributed by atoms with E-state index in [1.807, 2.05) is 31.2 Å². The van der Waals surface area contributed by atoms with Crippen LogP contribution < -0.4 is 0 Å². The Kier molecular flexibility index (Phi) is 6.57. The maximum atomic E-state index is 12.4. The number of unbranched alkanes of at least 4 members (excludes halogenated alkanes) is 2. The molecule has 2 aromatic carbocycles. The molecule has 0 bridgehead atoms. The predicted molar refractivity (Wildman–Crippen MR) is 121 cm³/mol. The predicted octanol–water partition coefficient (Wildman–Crippen LogP) is 7.60. The molecule has 0 amide bonds. The van der Waals surface area contributed by atoms with E-state index >= 15 is 0 Å². The van der Waals surface area contributed by atoms with E-state index < -0.39 is 5.41 Å². The molecule has 0 N–H and O–H groups in total. The zero-order valence-corrected chi connectivity index (χ0v) is 19.0. The fraction of sp³-hybridized carbons (Fsp3) is 0.458. The fourth-order valence-corrected chi connectivity index (χ4v) is 5.22. The van der Waals surface area contributed by atoms with Crippen molar-refractivity contribution >= 4 is 27.4 Å². The van der Waals surface area contributed by atoms with Crippen molar-refractivity contribution in [2.24, 2.45) is 0 Å². The van der Waals surface area contributed by atoms with Crippen molar-refractivity contribution < 1.29 is 9.72 Å². The molecular formula is C24H28BrNO3. The van der Waals surface area contributed by atoms with Crippen molar-refractivity contribution in [3.8, 4) is 11.1 Å². The van der Waals surface area contributed by atoms with Gasteiger partial charge in [-0.1, -0.05) is 64.7 Å². The van der Waals surface area contributed by atoms with Crippen LogP contribution >= 0.6 is 15.9 Å². The summed E-state index contributed by atoms with van der Waals surface area (Å²) < 4.78 is 0.524. The van der Waals surface area contributed by atoms with Gasteiger partial charge in [-0.2, -0.15) is 0 Å². The molecule has 4 nitrogen and oxygen atoms in total. The lowest BCUT2D eigenvalue weighted by atomic mass is 9.70. The third kappa shape index (κ3) is 3.65. The summed E-state index contributed by atoms with van der Waals surface area (Å²) in [6.45, 7) is 6.17. The number of rotatable bonds is 9. The quantitative estimate of drug-likeness (QED) is 0.221. The minimum atomic E-state index is -0.424. The Morgan fingerprint density at radius 3 is 2.21 bits per heavy atom. The molecule has 1 aliphatic carbocycles.